The third kappa shape index (κ3) is 16.5. The van der Waals surface area contributed by atoms with Gasteiger partial charge in [0.25, 0.3) is 0 Å². The van der Waals surface area contributed by atoms with Crippen LogP contribution in [0.4, 0.5) is 15.3 Å². The number of alkyl carbamates (subject to hydrolysis) is 1. The van der Waals surface area contributed by atoms with Gasteiger partial charge in [-0.05, 0) is 92.8 Å². The van der Waals surface area contributed by atoms with E-state index in [1.54, 1.807) is 68.4 Å². The molecule has 1 saturated heterocycles. The normalized spacial score (nSPS) is 16.2. The van der Waals surface area contributed by atoms with Crippen molar-refractivity contribution in [2.24, 2.45) is 5.92 Å². The molecule has 0 aliphatic carbocycles. The minimum atomic E-state index is -4.21. The number of anilines is 1. The average molecular weight is 939 g/mol. The second-order valence-electron chi connectivity index (χ2n) is 16.2. The molecule has 0 spiro atoms. The van der Waals surface area contributed by atoms with Crippen molar-refractivity contribution in [3.05, 3.63) is 120 Å². The monoisotopic (exact) mass is 938 g/mol. The van der Waals surface area contributed by atoms with Crippen molar-refractivity contribution >= 4 is 41.4 Å². The van der Waals surface area contributed by atoms with Crippen LogP contribution in [0.1, 0.15) is 52.2 Å². The SMILES string of the molecule is CC(C)CN(C[C@@H](O)[C@H](Cc1ccc(OCP(=O)(N[C@@H](C)C(=O)OC(C)C)Oc2ccccc2)cc1)NC(=O)O[C@H]1CCOC1)S(=O)(=O)c1ccc(NC(=O)OCc2ccccc2)cc1. The van der Waals surface area contributed by atoms with E-state index < -0.39 is 72.9 Å². The van der Waals surface area contributed by atoms with Gasteiger partial charge in [-0.2, -0.15) is 4.31 Å². The molecule has 17 nitrogen and oxygen atoms in total. The first kappa shape index (κ1) is 50.5. The number of rotatable bonds is 23. The van der Waals surface area contributed by atoms with Crippen LogP contribution in [0, 0.1) is 5.92 Å². The highest BCUT2D eigenvalue weighted by Gasteiger charge is 2.34. The summed E-state index contributed by atoms with van der Waals surface area (Å²) in [4.78, 5) is 38.1. The fourth-order valence-electron chi connectivity index (χ4n) is 6.54. The maximum Gasteiger partial charge on any atom is 0.411 e. The number of aliphatic hydroxyl groups is 1. The Kier molecular flexibility index (Phi) is 18.8. The Morgan fingerprint density at radius 2 is 1.49 bits per heavy atom. The minimum absolute atomic E-state index is 0.0399. The number of para-hydroxylation sites is 1. The van der Waals surface area contributed by atoms with Crippen molar-refractivity contribution < 1.29 is 60.7 Å². The number of ether oxygens (including phenoxy) is 5. The molecular formula is C46H59N4O13PS. The van der Waals surface area contributed by atoms with E-state index >= 15 is 0 Å². The summed E-state index contributed by atoms with van der Waals surface area (Å²) in [6, 6.07) is 27.7. The Morgan fingerprint density at radius 1 is 0.831 bits per heavy atom. The number of hydrogen-bond donors (Lipinski definition) is 4. The van der Waals surface area contributed by atoms with Crippen LogP contribution in [-0.4, -0.2) is 99.0 Å². The molecule has 19 heteroatoms. The van der Waals surface area contributed by atoms with Gasteiger partial charge in [0.2, 0.25) is 10.0 Å². The molecule has 2 amide bonds. The van der Waals surface area contributed by atoms with E-state index in [1.807, 2.05) is 44.2 Å². The van der Waals surface area contributed by atoms with E-state index in [1.165, 1.54) is 31.2 Å². The summed E-state index contributed by atoms with van der Waals surface area (Å²) >= 11 is 0. The second kappa shape index (κ2) is 24.2. The number of aliphatic hydroxyl groups excluding tert-OH is 1. The molecule has 5 atom stereocenters. The molecule has 1 fully saturated rings. The number of amides is 2. The zero-order valence-electron chi connectivity index (χ0n) is 37.2. The topological polar surface area (TPSA) is 217 Å². The van der Waals surface area contributed by atoms with Crippen LogP contribution in [0.25, 0.3) is 0 Å². The average Bonchev–Trinajstić information content (AvgIpc) is 3.78. The van der Waals surface area contributed by atoms with Crippen LogP contribution in [-0.2, 0) is 51.4 Å². The summed E-state index contributed by atoms with van der Waals surface area (Å²) < 4.78 is 76.7. The fraction of sp³-hybridized carbons (Fsp3) is 0.413. The third-order valence-corrected chi connectivity index (χ3v) is 13.3. The van der Waals surface area contributed by atoms with Gasteiger partial charge in [0.1, 0.15) is 30.3 Å². The zero-order valence-corrected chi connectivity index (χ0v) is 38.9. The fourth-order valence-corrected chi connectivity index (χ4v) is 9.81. The van der Waals surface area contributed by atoms with Crippen molar-refractivity contribution in [2.45, 2.75) is 89.4 Å². The molecule has 352 valence electrons. The highest BCUT2D eigenvalue weighted by atomic mass is 32.2. The molecule has 4 aromatic carbocycles. The first-order valence-corrected chi connectivity index (χ1v) is 24.6. The van der Waals surface area contributed by atoms with E-state index in [4.69, 9.17) is 28.2 Å². The lowest BCUT2D eigenvalue weighted by Crippen LogP contribution is -2.51. The Labute approximate surface area is 380 Å². The molecule has 0 radical (unpaired) electrons. The molecule has 4 aromatic rings. The summed E-state index contributed by atoms with van der Waals surface area (Å²) in [5.74, 6) is -0.162. The number of carbonyl (C=O) groups is 3. The van der Waals surface area contributed by atoms with Crippen LogP contribution in [0.3, 0.4) is 0 Å². The van der Waals surface area contributed by atoms with Crippen molar-refractivity contribution in [2.75, 3.05) is 38.0 Å². The predicted molar refractivity (Wildman–Crippen MR) is 243 cm³/mol. The molecule has 0 aromatic heterocycles. The van der Waals surface area contributed by atoms with Crippen LogP contribution in [0.15, 0.2) is 114 Å². The smallest absolute Gasteiger partial charge is 0.411 e. The molecular weight excluding hydrogens is 880 g/mol. The third-order valence-electron chi connectivity index (χ3n) is 9.71. The second-order valence-corrected chi connectivity index (χ2v) is 20.2. The molecule has 1 aliphatic heterocycles. The summed E-state index contributed by atoms with van der Waals surface area (Å²) in [6.45, 7) is 8.97. The highest BCUT2D eigenvalue weighted by molar-refractivity contribution is 7.89. The Bertz CT molecular complexity index is 2280. The van der Waals surface area contributed by atoms with Crippen LogP contribution in [0.5, 0.6) is 11.5 Å². The van der Waals surface area contributed by atoms with Gasteiger partial charge >= 0.3 is 25.7 Å². The van der Waals surface area contributed by atoms with Gasteiger partial charge in [-0.15, -0.1) is 0 Å². The van der Waals surface area contributed by atoms with Crippen LogP contribution >= 0.6 is 7.52 Å². The highest BCUT2D eigenvalue weighted by Crippen LogP contribution is 2.44. The summed E-state index contributed by atoms with van der Waals surface area (Å²) in [6.07, 6.45) is -3.72. The van der Waals surface area contributed by atoms with Crippen LogP contribution < -0.4 is 25.0 Å². The minimum Gasteiger partial charge on any atom is -0.481 e. The predicted octanol–water partition coefficient (Wildman–Crippen LogP) is 7.11. The molecule has 1 unspecified atom stereocenters. The molecule has 1 heterocycles. The summed E-state index contributed by atoms with van der Waals surface area (Å²) in [5, 5.41) is 19.9. The summed E-state index contributed by atoms with van der Waals surface area (Å²) in [5.41, 5.74) is 1.75. The number of nitrogens with one attached hydrogen (secondary N) is 3. The molecule has 4 N–H and O–H groups in total. The maximum atomic E-state index is 14.1. The molecule has 65 heavy (non-hydrogen) atoms. The van der Waals surface area contributed by atoms with Gasteiger partial charge in [-0.25, -0.2) is 23.1 Å². The largest absolute Gasteiger partial charge is 0.481 e. The number of carbonyl (C=O) groups excluding carboxylic acids is 3. The van der Waals surface area contributed by atoms with Crippen molar-refractivity contribution in [1.82, 2.24) is 14.7 Å². The molecule has 0 bridgehead atoms. The Hall–Kier alpha value is -5.49. The van der Waals surface area contributed by atoms with Gasteiger partial charge in [0, 0.05) is 25.2 Å². The van der Waals surface area contributed by atoms with E-state index in [9.17, 15) is 32.5 Å². The van der Waals surface area contributed by atoms with Crippen molar-refractivity contribution in [3.63, 3.8) is 0 Å². The molecule has 5 rings (SSSR count). The number of nitrogens with zero attached hydrogens (tertiary/aromatic N) is 1. The summed E-state index contributed by atoms with van der Waals surface area (Å²) in [7, 11) is -8.08. The Morgan fingerprint density at radius 3 is 2.11 bits per heavy atom. The lowest BCUT2D eigenvalue weighted by atomic mass is 10.0. The lowest BCUT2D eigenvalue weighted by Gasteiger charge is -2.31. The van der Waals surface area contributed by atoms with Gasteiger partial charge in [-0.1, -0.05) is 74.5 Å². The standard InChI is InChI=1S/C46H59N4O13PS/c1-32(2)27-50(65(56,57)41-22-18-37(19-23-41)47-45(53)59-29-36-12-8-6-9-13-36)28-43(51)42(48-46(54)62-40-24-25-58-30-40)26-35-16-20-38(21-17-35)60-31-64(55,63-39-14-10-7-11-15-39)49-34(5)44(52)61-33(3)4/h6-23,32-34,40,42-43,51H,24-31H2,1-5H3,(H,47,53)(H,48,54)(H,49,55)/t34-,40-,42-,43+,64?/m0/s1. The Balaban J connectivity index is 1.28. The van der Waals surface area contributed by atoms with E-state index in [0.717, 1.165) is 9.87 Å². The van der Waals surface area contributed by atoms with E-state index in [0.29, 0.717) is 35.8 Å². The number of esters is 1. The maximum absolute atomic E-state index is 14.1. The quantitative estimate of drug-likeness (QED) is 0.0331. The number of benzene rings is 4. The van der Waals surface area contributed by atoms with Gasteiger partial charge in [0.15, 0.2) is 6.35 Å². The van der Waals surface area contributed by atoms with Gasteiger partial charge in [0.05, 0.1) is 36.4 Å². The van der Waals surface area contributed by atoms with E-state index in [2.05, 4.69) is 15.7 Å². The van der Waals surface area contributed by atoms with Crippen molar-refractivity contribution in [3.8, 4) is 11.5 Å². The van der Waals surface area contributed by atoms with Gasteiger partial charge < -0.3 is 38.6 Å². The zero-order chi connectivity index (χ0) is 47.0. The molecule has 1 aliphatic rings. The molecule has 0 saturated carbocycles. The van der Waals surface area contributed by atoms with Gasteiger partial charge in [-0.3, -0.25) is 14.7 Å². The number of sulfonamides is 1. The first-order chi connectivity index (χ1) is 31.0. The van der Waals surface area contributed by atoms with Crippen molar-refractivity contribution in [1.29, 1.82) is 0 Å². The lowest BCUT2D eigenvalue weighted by molar-refractivity contribution is -0.149. The number of hydrogen-bond acceptors (Lipinski definition) is 13. The first-order valence-electron chi connectivity index (χ1n) is 21.3. The van der Waals surface area contributed by atoms with Crippen LogP contribution in [0.2, 0.25) is 0 Å². The van der Waals surface area contributed by atoms with E-state index in [-0.39, 0.29) is 43.1 Å².